The van der Waals surface area contributed by atoms with E-state index in [4.69, 9.17) is 9.47 Å². The molecule has 7 nitrogen and oxygen atoms in total. The van der Waals surface area contributed by atoms with Crippen LogP contribution in [-0.2, 0) is 11.8 Å². The van der Waals surface area contributed by atoms with Gasteiger partial charge in [-0.3, -0.25) is 9.78 Å². The van der Waals surface area contributed by atoms with Gasteiger partial charge in [-0.2, -0.15) is 0 Å². The summed E-state index contributed by atoms with van der Waals surface area (Å²) in [4.78, 5) is 29.5. The number of aromatic nitrogens is 2. The van der Waals surface area contributed by atoms with Crippen molar-refractivity contribution in [2.75, 3.05) is 6.61 Å². The first kappa shape index (κ1) is 25.0. The van der Waals surface area contributed by atoms with Crippen LogP contribution < -0.4 is 15.6 Å². The van der Waals surface area contributed by atoms with Crippen LogP contribution in [-0.4, -0.2) is 33.9 Å². The number of carbonyl (C=O) groups is 1. The number of benzene rings is 1. The van der Waals surface area contributed by atoms with Gasteiger partial charge in [-0.25, -0.2) is 4.79 Å². The lowest BCUT2D eigenvalue weighted by molar-refractivity contribution is 0.0480. The molecule has 1 aromatic carbocycles. The Morgan fingerprint density at radius 1 is 1.18 bits per heavy atom. The highest BCUT2D eigenvalue weighted by atomic mass is 79.9. The second-order valence-corrected chi connectivity index (χ2v) is 10.7. The minimum absolute atomic E-state index is 0.109. The first-order valence-electron chi connectivity index (χ1n) is 11.1. The van der Waals surface area contributed by atoms with Gasteiger partial charge >= 0.3 is 6.09 Å². The third-order valence-electron chi connectivity index (χ3n) is 5.19. The van der Waals surface area contributed by atoms with E-state index in [1.54, 1.807) is 17.8 Å². The lowest BCUT2D eigenvalue weighted by atomic mass is 10.0. The molecule has 2 aromatic heterocycles. The Hall–Kier alpha value is -2.61. The molecule has 3 aromatic rings. The van der Waals surface area contributed by atoms with Crippen molar-refractivity contribution in [1.29, 1.82) is 0 Å². The van der Waals surface area contributed by atoms with Crippen LogP contribution in [0.15, 0.2) is 33.7 Å². The number of nitrogens with one attached hydrogen (secondary N) is 1. The van der Waals surface area contributed by atoms with Crippen molar-refractivity contribution < 1.29 is 14.3 Å². The quantitative estimate of drug-likeness (QED) is 0.438. The summed E-state index contributed by atoms with van der Waals surface area (Å²) in [6, 6.07) is 5.52. The average molecular weight is 518 g/mol. The van der Waals surface area contributed by atoms with E-state index in [9.17, 15) is 9.59 Å². The number of fused-ring (bicyclic) bond motifs is 3. The Labute approximate surface area is 202 Å². The van der Waals surface area contributed by atoms with Gasteiger partial charge in [-0.1, -0.05) is 13.8 Å². The van der Waals surface area contributed by atoms with Gasteiger partial charge in [-0.15, -0.1) is 0 Å². The first-order valence-corrected chi connectivity index (χ1v) is 11.9. The van der Waals surface area contributed by atoms with Gasteiger partial charge in [0.25, 0.3) is 5.56 Å². The monoisotopic (exact) mass is 517 g/mol. The van der Waals surface area contributed by atoms with Crippen molar-refractivity contribution in [2.24, 2.45) is 13.0 Å². The largest absolute Gasteiger partial charge is 0.490 e. The molecule has 0 spiro atoms. The fraction of sp³-hybridized carbons (Fsp3) is 0.480. The number of rotatable bonds is 6. The second-order valence-electron chi connectivity index (χ2n) is 9.82. The van der Waals surface area contributed by atoms with Crippen molar-refractivity contribution in [3.05, 3.63) is 44.9 Å². The summed E-state index contributed by atoms with van der Waals surface area (Å²) in [6.45, 7) is 11.9. The molecule has 8 heteroatoms. The van der Waals surface area contributed by atoms with E-state index < -0.39 is 11.7 Å². The van der Waals surface area contributed by atoms with Crippen molar-refractivity contribution in [3.63, 3.8) is 0 Å². The molecule has 0 aliphatic carbocycles. The van der Waals surface area contributed by atoms with Crippen LogP contribution in [0.2, 0.25) is 0 Å². The highest BCUT2D eigenvalue weighted by molar-refractivity contribution is 9.10. The topological polar surface area (TPSA) is 82.5 Å². The molecule has 0 aliphatic heterocycles. The van der Waals surface area contributed by atoms with Gasteiger partial charge in [0.15, 0.2) is 0 Å². The summed E-state index contributed by atoms with van der Waals surface area (Å²) in [5.41, 5.74) is 0.925. The summed E-state index contributed by atoms with van der Waals surface area (Å²) in [6.07, 6.45) is 1.90. The number of nitrogens with zero attached hydrogens (tertiary/aromatic N) is 2. The zero-order valence-electron chi connectivity index (χ0n) is 20.3. The smallest absolute Gasteiger partial charge is 0.407 e. The lowest BCUT2D eigenvalue weighted by Crippen LogP contribution is -2.42. The third kappa shape index (κ3) is 6.05. The van der Waals surface area contributed by atoms with E-state index in [0.717, 1.165) is 32.9 Å². The van der Waals surface area contributed by atoms with Crippen LogP contribution in [0.4, 0.5) is 4.79 Å². The Morgan fingerprint density at radius 2 is 1.88 bits per heavy atom. The van der Waals surface area contributed by atoms with Crippen LogP contribution in [0.5, 0.6) is 5.75 Å². The molecule has 0 unspecified atom stereocenters. The van der Waals surface area contributed by atoms with Gasteiger partial charge < -0.3 is 19.4 Å². The van der Waals surface area contributed by atoms with Crippen LogP contribution in [0.3, 0.4) is 0 Å². The number of alkyl carbamates (subject to hydrolysis) is 1. The lowest BCUT2D eigenvalue weighted by Gasteiger charge is -2.25. The third-order valence-corrected chi connectivity index (χ3v) is 5.81. The molecule has 0 fully saturated rings. The molecule has 1 atom stereocenters. The van der Waals surface area contributed by atoms with Gasteiger partial charge in [0, 0.05) is 30.4 Å². The van der Waals surface area contributed by atoms with E-state index in [1.165, 1.54) is 0 Å². The Kier molecular flexibility index (Phi) is 7.36. The summed E-state index contributed by atoms with van der Waals surface area (Å²) in [7, 11) is 1.74. The maximum absolute atomic E-state index is 12.9. The molecule has 0 aliphatic rings. The summed E-state index contributed by atoms with van der Waals surface area (Å²) >= 11 is 3.62. The van der Waals surface area contributed by atoms with E-state index in [1.807, 2.05) is 45.9 Å². The number of ether oxygens (including phenoxy) is 2. The Balaban J connectivity index is 1.92. The van der Waals surface area contributed by atoms with Gasteiger partial charge in [-0.05, 0) is 73.5 Å². The van der Waals surface area contributed by atoms with Crippen LogP contribution in [0.25, 0.3) is 21.7 Å². The summed E-state index contributed by atoms with van der Waals surface area (Å²) in [5, 5.41) is 5.29. The standard InChI is InChI=1S/C25H32BrN3O4/c1-14(2)8-16(28-24(31)33-25(4,5)6)13-32-22-11-21-18(10-20(22)26)17-9-15(3)27-12-19(17)23(30)29(21)7/h9-12,14,16H,8,13H2,1-7H3,(H,28,31)/t16-/m0/s1. The van der Waals surface area contributed by atoms with Gasteiger partial charge in [0.2, 0.25) is 0 Å². The fourth-order valence-electron chi connectivity index (χ4n) is 3.79. The van der Waals surface area contributed by atoms with E-state index in [0.29, 0.717) is 17.1 Å². The molecular formula is C25H32BrN3O4. The number of amides is 1. The van der Waals surface area contributed by atoms with Gasteiger partial charge in [0.05, 0.1) is 21.4 Å². The molecule has 0 radical (unpaired) electrons. The molecule has 0 bridgehead atoms. The number of hydrogen-bond donors (Lipinski definition) is 1. The minimum Gasteiger partial charge on any atom is -0.490 e. The molecule has 0 saturated carbocycles. The molecule has 1 amide bonds. The number of carbonyl (C=O) groups excluding carboxylic acids is 1. The van der Waals surface area contributed by atoms with Crippen molar-refractivity contribution in [1.82, 2.24) is 14.9 Å². The number of pyridine rings is 2. The number of hydrogen-bond acceptors (Lipinski definition) is 5. The highest BCUT2D eigenvalue weighted by Crippen LogP contribution is 2.33. The van der Waals surface area contributed by atoms with Crippen molar-refractivity contribution >= 4 is 43.7 Å². The van der Waals surface area contributed by atoms with Crippen molar-refractivity contribution in [3.8, 4) is 5.75 Å². The first-order chi connectivity index (χ1) is 15.4. The molecule has 33 heavy (non-hydrogen) atoms. The molecular weight excluding hydrogens is 486 g/mol. The number of aryl methyl sites for hydroxylation is 2. The van der Waals surface area contributed by atoms with Crippen LogP contribution in [0.1, 0.15) is 46.7 Å². The average Bonchev–Trinajstić information content (AvgIpc) is 2.68. The molecule has 3 rings (SSSR count). The zero-order valence-corrected chi connectivity index (χ0v) is 21.9. The van der Waals surface area contributed by atoms with Crippen molar-refractivity contribution in [2.45, 2.75) is 59.6 Å². The number of halogens is 1. The molecule has 1 N–H and O–H groups in total. The SMILES string of the molecule is Cc1cc2c(cn1)c(=O)n(C)c1cc(OC[C@H](CC(C)C)NC(=O)OC(C)(C)C)c(Br)cc21. The predicted molar refractivity (Wildman–Crippen MR) is 135 cm³/mol. The maximum Gasteiger partial charge on any atom is 0.407 e. The van der Waals surface area contributed by atoms with E-state index in [-0.39, 0.29) is 18.2 Å². The minimum atomic E-state index is -0.573. The molecule has 0 saturated heterocycles. The normalized spacial score (nSPS) is 12.9. The predicted octanol–water partition coefficient (Wildman–Crippen LogP) is 5.48. The zero-order chi connectivity index (χ0) is 24.5. The second kappa shape index (κ2) is 9.71. The highest BCUT2D eigenvalue weighted by Gasteiger charge is 2.21. The Morgan fingerprint density at radius 3 is 2.52 bits per heavy atom. The molecule has 2 heterocycles. The summed E-state index contributed by atoms with van der Waals surface area (Å²) < 4.78 is 13.9. The van der Waals surface area contributed by atoms with E-state index >= 15 is 0 Å². The van der Waals surface area contributed by atoms with Crippen LogP contribution >= 0.6 is 15.9 Å². The fourth-order valence-corrected chi connectivity index (χ4v) is 4.25. The van der Waals surface area contributed by atoms with Gasteiger partial charge in [0.1, 0.15) is 18.0 Å². The summed E-state index contributed by atoms with van der Waals surface area (Å²) in [5.74, 6) is 0.958. The van der Waals surface area contributed by atoms with Crippen LogP contribution in [0, 0.1) is 12.8 Å². The Bertz CT molecular complexity index is 1240. The maximum atomic E-state index is 12.9. The molecule has 178 valence electrons. The van der Waals surface area contributed by atoms with E-state index in [2.05, 4.69) is 40.1 Å².